The van der Waals surface area contributed by atoms with Gasteiger partial charge in [-0.3, -0.25) is 9.59 Å². The van der Waals surface area contributed by atoms with Gasteiger partial charge in [-0.1, -0.05) is 12.1 Å². The van der Waals surface area contributed by atoms with Crippen LogP contribution in [0.15, 0.2) is 42.6 Å². The normalized spacial score (nSPS) is 10.0. The van der Waals surface area contributed by atoms with E-state index in [2.05, 4.69) is 10.3 Å². The molecule has 1 aromatic heterocycles. The molecule has 2 amide bonds. The van der Waals surface area contributed by atoms with Crippen molar-refractivity contribution in [1.82, 2.24) is 9.88 Å². The van der Waals surface area contributed by atoms with E-state index in [0.29, 0.717) is 11.3 Å². The molecule has 2 aromatic rings. The number of nitrogens with one attached hydrogen (secondary N) is 1. The predicted octanol–water partition coefficient (Wildman–Crippen LogP) is 2.17. The van der Waals surface area contributed by atoms with Crippen LogP contribution in [0.3, 0.4) is 0 Å². The van der Waals surface area contributed by atoms with E-state index in [1.807, 2.05) is 0 Å². The summed E-state index contributed by atoms with van der Waals surface area (Å²) in [7, 11) is 3.23. The van der Waals surface area contributed by atoms with Gasteiger partial charge in [0.2, 0.25) is 5.95 Å². The predicted molar refractivity (Wildman–Crippen MR) is 76.6 cm³/mol. The number of anilines is 1. The van der Waals surface area contributed by atoms with Crippen LogP contribution in [0.2, 0.25) is 0 Å². The molecule has 0 saturated carbocycles. The van der Waals surface area contributed by atoms with Crippen LogP contribution >= 0.6 is 0 Å². The number of amides is 2. The Labute approximate surface area is 121 Å². The van der Waals surface area contributed by atoms with Gasteiger partial charge in [0.1, 0.15) is 0 Å². The van der Waals surface area contributed by atoms with Crippen LogP contribution in [0, 0.1) is 5.95 Å². The molecule has 0 aliphatic rings. The molecule has 0 unspecified atom stereocenters. The second kappa shape index (κ2) is 6.13. The highest BCUT2D eigenvalue weighted by atomic mass is 19.1. The monoisotopic (exact) mass is 287 g/mol. The van der Waals surface area contributed by atoms with Crippen LogP contribution in [0.1, 0.15) is 20.7 Å². The minimum Gasteiger partial charge on any atom is -0.345 e. The molecule has 108 valence electrons. The van der Waals surface area contributed by atoms with E-state index in [-0.39, 0.29) is 11.5 Å². The smallest absolute Gasteiger partial charge is 0.260 e. The second-order valence-electron chi connectivity index (χ2n) is 4.54. The van der Waals surface area contributed by atoms with Gasteiger partial charge in [-0.15, -0.1) is 0 Å². The van der Waals surface area contributed by atoms with Crippen LogP contribution < -0.4 is 5.32 Å². The number of aromatic nitrogens is 1. The number of hydrogen-bond acceptors (Lipinski definition) is 3. The van der Waals surface area contributed by atoms with E-state index in [1.165, 1.54) is 23.2 Å². The van der Waals surface area contributed by atoms with E-state index in [1.54, 1.807) is 38.4 Å². The average Bonchev–Trinajstić information content (AvgIpc) is 2.47. The zero-order chi connectivity index (χ0) is 15.4. The molecule has 1 heterocycles. The summed E-state index contributed by atoms with van der Waals surface area (Å²) in [5.41, 5.74) is 0.481. The van der Waals surface area contributed by atoms with Crippen LogP contribution in [-0.4, -0.2) is 35.8 Å². The van der Waals surface area contributed by atoms with Crippen molar-refractivity contribution in [1.29, 1.82) is 0 Å². The molecule has 0 aliphatic carbocycles. The van der Waals surface area contributed by atoms with Crippen molar-refractivity contribution < 1.29 is 14.0 Å². The Bertz CT molecular complexity index is 686. The number of carbonyl (C=O) groups is 2. The van der Waals surface area contributed by atoms with Gasteiger partial charge in [0.25, 0.3) is 11.8 Å². The molecule has 2 rings (SSSR count). The number of nitrogens with zero attached hydrogens (tertiary/aromatic N) is 2. The highest BCUT2D eigenvalue weighted by Gasteiger charge is 2.17. The summed E-state index contributed by atoms with van der Waals surface area (Å²) in [5, 5.41) is 2.54. The fourth-order valence-electron chi connectivity index (χ4n) is 1.76. The van der Waals surface area contributed by atoms with Crippen molar-refractivity contribution in [2.45, 2.75) is 0 Å². The van der Waals surface area contributed by atoms with Crippen LogP contribution in [0.5, 0.6) is 0 Å². The molecule has 6 heteroatoms. The summed E-state index contributed by atoms with van der Waals surface area (Å²) in [5.74, 6) is -1.76. The highest BCUT2D eigenvalue weighted by Crippen LogP contribution is 2.18. The fourth-order valence-corrected chi connectivity index (χ4v) is 1.76. The summed E-state index contributed by atoms with van der Waals surface area (Å²) in [4.78, 5) is 28.9. The van der Waals surface area contributed by atoms with Crippen LogP contribution in [-0.2, 0) is 0 Å². The van der Waals surface area contributed by atoms with E-state index in [4.69, 9.17) is 0 Å². The molecule has 0 atom stereocenters. The Hall–Kier alpha value is -2.76. The molecule has 0 aliphatic heterocycles. The minimum absolute atomic E-state index is 0.176. The number of benzene rings is 1. The molecule has 0 spiro atoms. The SMILES string of the molecule is CN(C)C(=O)c1ccccc1NC(=O)c1cccnc1F. The molecule has 1 N–H and O–H groups in total. The molecule has 5 nitrogen and oxygen atoms in total. The third kappa shape index (κ3) is 3.22. The summed E-state index contributed by atoms with van der Waals surface area (Å²) < 4.78 is 13.5. The van der Waals surface area contributed by atoms with E-state index < -0.39 is 11.9 Å². The summed E-state index contributed by atoms with van der Waals surface area (Å²) >= 11 is 0. The molecule has 0 fully saturated rings. The number of pyridine rings is 1. The number of halogens is 1. The van der Waals surface area contributed by atoms with Gasteiger partial charge in [-0.25, -0.2) is 4.98 Å². The standard InChI is InChI=1S/C15H14FN3O2/c1-19(2)15(21)10-6-3-4-8-12(10)18-14(20)11-7-5-9-17-13(11)16/h3-9H,1-2H3,(H,18,20). The number of rotatable bonds is 3. The van der Waals surface area contributed by atoms with Crippen molar-refractivity contribution in [3.63, 3.8) is 0 Å². The van der Waals surface area contributed by atoms with Gasteiger partial charge in [-0.05, 0) is 24.3 Å². The Morgan fingerprint density at radius 3 is 2.43 bits per heavy atom. The maximum Gasteiger partial charge on any atom is 0.260 e. The fraction of sp³-hybridized carbons (Fsp3) is 0.133. The van der Waals surface area contributed by atoms with Crippen molar-refractivity contribution in [3.8, 4) is 0 Å². The lowest BCUT2D eigenvalue weighted by Gasteiger charge is -2.14. The molecule has 1 aromatic carbocycles. The zero-order valence-electron chi connectivity index (χ0n) is 11.6. The lowest BCUT2D eigenvalue weighted by Crippen LogP contribution is -2.24. The first-order chi connectivity index (χ1) is 10.0. The maximum atomic E-state index is 13.5. The van der Waals surface area contributed by atoms with Crippen molar-refractivity contribution in [3.05, 3.63) is 59.7 Å². The van der Waals surface area contributed by atoms with E-state index >= 15 is 0 Å². The maximum absolute atomic E-state index is 13.5. The van der Waals surface area contributed by atoms with Crippen molar-refractivity contribution in [2.24, 2.45) is 0 Å². The molecule has 0 bridgehead atoms. The van der Waals surface area contributed by atoms with Gasteiger partial charge < -0.3 is 10.2 Å². The first kappa shape index (κ1) is 14.6. The molecular formula is C15H14FN3O2. The first-order valence-corrected chi connectivity index (χ1v) is 6.23. The average molecular weight is 287 g/mol. The van der Waals surface area contributed by atoms with Crippen molar-refractivity contribution in [2.75, 3.05) is 19.4 Å². The summed E-state index contributed by atoms with van der Waals surface area (Å²) in [6.07, 6.45) is 1.26. The Morgan fingerprint density at radius 1 is 1.10 bits per heavy atom. The molecule has 0 saturated heterocycles. The largest absolute Gasteiger partial charge is 0.345 e. The third-order valence-electron chi connectivity index (χ3n) is 2.82. The van der Waals surface area contributed by atoms with Crippen molar-refractivity contribution >= 4 is 17.5 Å². The number of para-hydroxylation sites is 1. The van der Waals surface area contributed by atoms with E-state index in [9.17, 15) is 14.0 Å². The molecule has 0 radical (unpaired) electrons. The Morgan fingerprint density at radius 2 is 1.76 bits per heavy atom. The van der Waals surface area contributed by atoms with Gasteiger partial charge in [0, 0.05) is 20.3 Å². The number of carbonyl (C=O) groups excluding carboxylic acids is 2. The third-order valence-corrected chi connectivity index (χ3v) is 2.82. The molecule has 21 heavy (non-hydrogen) atoms. The van der Waals surface area contributed by atoms with Crippen LogP contribution in [0.25, 0.3) is 0 Å². The van der Waals surface area contributed by atoms with Gasteiger partial charge >= 0.3 is 0 Å². The lowest BCUT2D eigenvalue weighted by molar-refractivity contribution is 0.0828. The van der Waals surface area contributed by atoms with Gasteiger partial charge in [0.15, 0.2) is 0 Å². The van der Waals surface area contributed by atoms with Crippen LogP contribution in [0.4, 0.5) is 10.1 Å². The van der Waals surface area contributed by atoms with E-state index in [0.717, 1.165) is 0 Å². The molecular weight excluding hydrogens is 273 g/mol. The summed E-state index contributed by atoms with van der Waals surface area (Å²) in [6.45, 7) is 0. The van der Waals surface area contributed by atoms with Gasteiger partial charge in [0.05, 0.1) is 16.8 Å². The topological polar surface area (TPSA) is 62.3 Å². The summed E-state index contributed by atoms with van der Waals surface area (Å²) in [6, 6.07) is 9.35. The second-order valence-corrected chi connectivity index (χ2v) is 4.54. The quantitative estimate of drug-likeness (QED) is 0.880. The van der Waals surface area contributed by atoms with Gasteiger partial charge in [-0.2, -0.15) is 4.39 Å². The zero-order valence-corrected chi connectivity index (χ0v) is 11.6. The highest BCUT2D eigenvalue weighted by molar-refractivity contribution is 6.08. The lowest BCUT2D eigenvalue weighted by atomic mass is 10.1. The number of hydrogen-bond donors (Lipinski definition) is 1. The first-order valence-electron chi connectivity index (χ1n) is 6.23. The Kier molecular flexibility index (Phi) is 4.27. The minimum atomic E-state index is -0.855. The Balaban J connectivity index is 2.30.